The molecule has 190 valence electrons. The Balaban J connectivity index is 1.17. The van der Waals surface area contributed by atoms with E-state index in [1.54, 1.807) is 0 Å². The van der Waals surface area contributed by atoms with Crippen LogP contribution in [-0.2, 0) is 0 Å². The molecular weight excluding hydrogens is 494 g/mol. The number of pyridine rings is 1. The van der Waals surface area contributed by atoms with Crippen LogP contribution in [0.2, 0.25) is 0 Å². The first kappa shape index (κ1) is 22.4. The molecule has 8 aromatic rings. The lowest BCUT2D eigenvalue weighted by atomic mass is 10.1. The zero-order valence-electron chi connectivity index (χ0n) is 21.4. The summed E-state index contributed by atoms with van der Waals surface area (Å²) < 4.78 is 12.6. The van der Waals surface area contributed by atoms with Gasteiger partial charge >= 0.3 is 0 Å². The molecule has 0 radical (unpaired) electrons. The van der Waals surface area contributed by atoms with Crippen LogP contribution < -0.4 is 4.74 Å². The predicted molar refractivity (Wildman–Crippen MR) is 159 cm³/mol. The lowest BCUT2D eigenvalue weighted by molar-refractivity contribution is 0.483. The van der Waals surface area contributed by atoms with Gasteiger partial charge in [-0.3, -0.25) is 4.57 Å². The molecule has 0 aliphatic rings. The van der Waals surface area contributed by atoms with Gasteiger partial charge in [0.1, 0.15) is 22.8 Å². The quantitative estimate of drug-likeness (QED) is 0.232. The van der Waals surface area contributed by atoms with Crippen molar-refractivity contribution < 1.29 is 4.74 Å². The van der Waals surface area contributed by atoms with Crippen LogP contribution in [0.25, 0.3) is 50.0 Å². The fourth-order valence-corrected chi connectivity index (χ4v) is 5.43. The summed E-state index contributed by atoms with van der Waals surface area (Å²) in [5.41, 5.74) is 6.17. The van der Waals surface area contributed by atoms with Crippen molar-refractivity contribution in [3.05, 3.63) is 140 Å². The Kier molecular flexibility index (Phi) is 5.03. The van der Waals surface area contributed by atoms with Gasteiger partial charge in [0.05, 0.1) is 28.4 Å². The van der Waals surface area contributed by atoms with E-state index < -0.39 is 0 Å². The van der Waals surface area contributed by atoms with Gasteiger partial charge in [-0.1, -0.05) is 48.5 Å². The topological polar surface area (TPSA) is 49.8 Å². The highest BCUT2D eigenvalue weighted by atomic mass is 16.5. The van der Waals surface area contributed by atoms with E-state index in [0.717, 1.165) is 56.1 Å². The van der Waals surface area contributed by atoms with Crippen molar-refractivity contribution in [2.24, 2.45) is 0 Å². The zero-order valence-corrected chi connectivity index (χ0v) is 21.4. The molecule has 6 heteroatoms. The highest BCUT2D eigenvalue weighted by Crippen LogP contribution is 2.35. The van der Waals surface area contributed by atoms with E-state index in [1.807, 2.05) is 83.7 Å². The lowest BCUT2D eigenvalue weighted by Gasteiger charge is -2.10. The maximum absolute atomic E-state index is 6.40. The van der Waals surface area contributed by atoms with Crippen molar-refractivity contribution in [1.29, 1.82) is 0 Å². The number of benzene rings is 4. The van der Waals surface area contributed by atoms with Gasteiger partial charge in [-0.05, 0) is 60.7 Å². The fourth-order valence-electron chi connectivity index (χ4n) is 5.43. The Hall–Kier alpha value is -5.62. The van der Waals surface area contributed by atoms with Gasteiger partial charge in [-0.25, -0.2) is 9.67 Å². The number of para-hydroxylation sites is 2. The number of fused-ring (bicyclic) bond motifs is 4. The summed E-state index contributed by atoms with van der Waals surface area (Å²) in [7, 11) is 0. The van der Waals surface area contributed by atoms with Gasteiger partial charge in [0.2, 0.25) is 0 Å². The average molecular weight is 518 g/mol. The average Bonchev–Trinajstić information content (AvgIpc) is 3.69. The summed E-state index contributed by atoms with van der Waals surface area (Å²) in [5.74, 6) is 2.37. The molecule has 4 heterocycles. The van der Waals surface area contributed by atoms with E-state index in [1.165, 1.54) is 5.39 Å². The Morgan fingerprint density at radius 2 is 1.38 bits per heavy atom. The van der Waals surface area contributed by atoms with Gasteiger partial charge < -0.3 is 9.30 Å². The molecule has 0 saturated heterocycles. The van der Waals surface area contributed by atoms with E-state index in [2.05, 4.69) is 75.0 Å². The minimum atomic E-state index is 0.739. The molecule has 0 unspecified atom stereocenters. The van der Waals surface area contributed by atoms with Crippen LogP contribution in [0.1, 0.15) is 0 Å². The van der Waals surface area contributed by atoms with Crippen LogP contribution in [0, 0.1) is 0 Å². The molecule has 0 atom stereocenters. The van der Waals surface area contributed by atoms with Gasteiger partial charge in [0, 0.05) is 41.0 Å². The summed E-state index contributed by atoms with van der Waals surface area (Å²) in [6.45, 7) is 0. The second-order valence-electron chi connectivity index (χ2n) is 9.68. The van der Waals surface area contributed by atoms with E-state index in [-0.39, 0.29) is 0 Å². The van der Waals surface area contributed by atoms with E-state index in [0.29, 0.717) is 0 Å². The molecule has 0 bridgehead atoms. The molecule has 0 fully saturated rings. The monoisotopic (exact) mass is 517 g/mol. The third-order valence-corrected chi connectivity index (χ3v) is 7.24. The minimum Gasteiger partial charge on any atom is -0.457 e. The third-order valence-electron chi connectivity index (χ3n) is 7.24. The summed E-state index contributed by atoms with van der Waals surface area (Å²) >= 11 is 0. The maximum Gasteiger partial charge on any atom is 0.137 e. The SMILES string of the molecule is c1ccc(-n2ccc3nn(-c4cccc(Oc5ccc6c7ccccc7n(-c7ccccn7)c6c5)c4)cc32)cc1. The normalized spacial score (nSPS) is 11.5. The largest absolute Gasteiger partial charge is 0.457 e. The van der Waals surface area contributed by atoms with Crippen molar-refractivity contribution in [2.75, 3.05) is 0 Å². The highest BCUT2D eigenvalue weighted by molar-refractivity contribution is 6.09. The molecule has 0 spiro atoms. The second-order valence-corrected chi connectivity index (χ2v) is 9.68. The van der Waals surface area contributed by atoms with Crippen molar-refractivity contribution >= 4 is 32.8 Å². The third kappa shape index (κ3) is 3.66. The van der Waals surface area contributed by atoms with Crippen molar-refractivity contribution in [3.63, 3.8) is 0 Å². The maximum atomic E-state index is 6.40. The summed E-state index contributed by atoms with van der Waals surface area (Å²) in [6, 6.07) is 40.9. The molecule has 0 aliphatic heterocycles. The van der Waals surface area contributed by atoms with Gasteiger partial charge in [0.25, 0.3) is 0 Å². The molecule has 8 rings (SSSR count). The first-order valence-corrected chi connectivity index (χ1v) is 13.2. The Morgan fingerprint density at radius 3 is 2.27 bits per heavy atom. The molecule has 0 N–H and O–H groups in total. The lowest BCUT2D eigenvalue weighted by Crippen LogP contribution is -1.97. The Bertz CT molecular complexity index is 2140. The van der Waals surface area contributed by atoms with Gasteiger partial charge in [-0.15, -0.1) is 0 Å². The molecule has 4 aromatic carbocycles. The number of aromatic nitrogens is 5. The van der Waals surface area contributed by atoms with Crippen molar-refractivity contribution in [1.82, 2.24) is 23.9 Å². The molecule has 6 nitrogen and oxygen atoms in total. The van der Waals surface area contributed by atoms with Crippen LogP contribution in [0.5, 0.6) is 11.5 Å². The fraction of sp³-hybridized carbons (Fsp3) is 0. The van der Waals surface area contributed by atoms with E-state index >= 15 is 0 Å². The second kappa shape index (κ2) is 8.99. The molecule has 4 aromatic heterocycles. The summed E-state index contributed by atoms with van der Waals surface area (Å²) in [4.78, 5) is 4.63. The van der Waals surface area contributed by atoms with E-state index in [4.69, 9.17) is 9.84 Å². The van der Waals surface area contributed by atoms with Crippen LogP contribution in [0.15, 0.2) is 140 Å². The Morgan fingerprint density at radius 1 is 0.575 bits per heavy atom. The standard InChI is InChI=1S/C34H23N5O/c1-2-9-24(10-3-1)37-20-18-30-33(37)23-38(36-30)25-11-8-12-26(21-25)40-27-16-17-29-28-13-4-5-14-31(28)39(32(29)22-27)34-15-6-7-19-35-34/h1-23H. The summed E-state index contributed by atoms with van der Waals surface area (Å²) in [5, 5.41) is 7.16. The first-order chi connectivity index (χ1) is 19.8. The van der Waals surface area contributed by atoms with Crippen LogP contribution in [-0.4, -0.2) is 23.9 Å². The first-order valence-electron chi connectivity index (χ1n) is 13.2. The predicted octanol–water partition coefficient (Wildman–Crippen LogP) is 8.10. The number of nitrogens with zero attached hydrogens (tertiary/aromatic N) is 5. The van der Waals surface area contributed by atoms with Crippen LogP contribution in [0.3, 0.4) is 0 Å². The zero-order chi connectivity index (χ0) is 26.5. The van der Waals surface area contributed by atoms with Gasteiger partial charge in [-0.2, -0.15) is 5.10 Å². The number of ether oxygens (including phenoxy) is 1. The number of hydrogen-bond donors (Lipinski definition) is 0. The van der Waals surface area contributed by atoms with Gasteiger partial charge in [0.15, 0.2) is 0 Å². The summed E-state index contributed by atoms with van der Waals surface area (Å²) in [6.07, 6.45) is 5.93. The molecule has 40 heavy (non-hydrogen) atoms. The Labute approximate surface area is 229 Å². The molecule has 0 aliphatic carbocycles. The minimum absolute atomic E-state index is 0.739. The smallest absolute Gasteiger partial charge is 0.137 e. The van der Waals surface area contributed by atoms with Crippen molar-refractivity contribution in [2.45, 2.75) is 0 Å². The number of hydrogen-bond acceptors (Lipinski definition) is 3. The van der Waals surface area contributed by atoms with Crippen LogP contribution >= 0.6 is 0 Å². The number of rotatable bonds is 5. The highest BCUT2D eigenvalue weighted by Gasteiger charge is 2.14. The molecule has 0 saturated carbocycles. The van der Waals surface area contributed by atoms with Crippen LogP contribution in [0.4, 0.5) is 0 Å². The van der Waals surface area contributed by atoms with E-state index in [9.17, 15) is 0 Å². The molecule has 0 amide bonds. The molecular formula is C34H23N5O. The van der Waals surface area contributed by atoms with Crippen molar-refractivity contribution in [3.8, 4) is 28.7 Å².